The van der Waals surface area contributed by atoms with Gasteiger partial charge in [0.25, 0.3) is 0 Å². The van der Waals surface area contributed by atoms with Gasteiger partial charge in [0.1, 0.15) is 5.82 Å². The molecule has 1 N–H and O–H groups in total. The molecular weight excluding hydrogens is 319 g/mol. The van der Waals surface area contributed by atoms with E-state index in [0.29, 0.717) is 23.8 Å². The minimum absolute atomic E-state index is 0.169. The number of carbonyl (C=O) groups excluding carboxylic acids is 1. The molecule has 25 heavy (non-hydrogen) atoms. The first-order valence-corrected chi connectivity index (χ1v) is 8.09. The van der Waals surface area contributed by atoms with Crippen molar-refractivity contribution in [3.8, 4) is 11.3 Å². The number of carbonyl (C=O) groups is 1. The highest BCUT2D eigenvalue weighted by atomic mass is 19.1. The molecule has 1 heterocycles. The summed E-state index contributed by atoms with van der Waals surface area (Å²) in [6.07, 6.45) is 2.32. The Labute approximate surface area is 145 Å². The predicted octanol–water partition coefficient (Wildman–Crippen LogP) is 4.67. The van der Waals surface area contributed by atoms with Crippen molar-refractivity contribution in [2.45, 2.75) is 26.7 Å². The summed E-state index contributed by atoms with van der Waals surface area (Å²) in [4.78, 5) is 16.2. The van der Waals surface area contributed by atoms with Gasteiger partial charge < -0.3 is 9.73 Å². The van der Waals surface area contributed by atoms with Crippen molar-refractivity contribution >= 4 is 11.6 Å². The SMILES string of the molecule is Cc1ccc(-c2cnc(CCC(=O)Nc3ccc(F)cc3)o2)cc1C. The van der Waals surface area contributed by atoms with Gasteiger partial charge in [-0.3, -0.25) is 4.79 Å². The van der Waals surface area contributed by atoms with Crippen LogP contribution in [0.3, 0.4) is 0 Å². The highest BCUT2D eigenvalue weighted by Crippen LogP contribution is 2.23. The molecule has 0 bridgehead atoms. The smallest absolute Gasteiger partial charge is 0.224 e. The summed E-state index contributed by atoms with van der Waals surface area (Å²) < 4.78 is 18.6. The van der Waals surface area contributed by atoms with Crippen LogP contribution in [0.25, 0.3) is 11.3 Å². The summed E-state index contributed by atoms with van der Waals surface area (Å²) >= 11 is 0. The van der Waals surface area contributed by atoms with E-state index < -0.39 is 0 Å². The Kier molecular flexibility index (Phi) is 4.93. The van der Waals surface area contributed by atoms with Gasteiger partial charge in [-0.05, 0) is 55.3 Å². The van der Waals surface area contributed by atoms with E-state index in [2.05, 4.69) is 30.2 Å². The molecule has 5 heteroatoms. The number of nitrogens with one attached hydrogen (secondary N) is 1. The third-order valence-corrected chi connectivity index (χ3v) is 4.04. The van der Waals surface area contributed by atoms with E-state index in [-0.39, 0.29) is 18.1 Å². The number of aryl methyl sites for hydroxylation is 3. The van der Waals surface area contributed by atoms with E-state index in [9.17, 15) is 9.18 Å². The number of aromatic nitrogens is 1. The Morgan fingerprint density at radius 1 is 1.12 bits per heavy atom. The van der Waals surface area contributed by atoms with E-state index >= 15 is 0 Å². The first-order valence-electron chi connectivity index (χ1n) is 8.09. The Balaban J connectivity index is 1.58. The number of hydrogen-bond acceptors (Lipinski definition) is 3. The molecule has 1 aromatic heterocycles. The maximum atomic E-state index is 12.8. The van der Waals surface area contributed by atoms with Gasteiger partial charge >= 0.3 is 0 Å². The predicted molar refractivity (Wildman–Crippen MR) is 94.8 cm³/mol. The third kappa shape index (κ3) is 4.32. The molecule has 0 unspecified atom stereocenters. The molecular formula is C20H19FN2O2. The van der Waals surface area contributed by atoms with Crippen molar-refractivity contribution in [1.82, 2.24) is 4.98 Å². The number of oxazole rings is 1. The fraction of sp³-hybridized carbons (Fsp3) is 0.200. The summed E-state index contributed by atoms with van der Waals surface area (Å²) in [5.74, 6) is 0.703. The van der Waals surface area contributed by atoms with Crippen molar-refractivity contribution < 1.29 is 13.6 Å². The topological polar surface area (TPSA) is 55.1 Å². The van der Waals surface area contributed by atoms with Gasteiger partial charge in [-0.1, -0.05) is 12.1 Å². The fourth-order valence-electron chi connectivity index (χ4n) is 2.43. The zero-order chi connectivity index (χ0) is 17.8. The summed E-state index contributed by atoms with van der Waals surface area (Å²) in [6, 6.07) is 11.8. The molecule has 0 aliphatic heterocycles. The lowest BCUT2D eigenvalue weighted by Gasteiger charge is -2.04. The van der Waals surface area contributed by atoms with E-state index in [1.807, 2.05) is 12.1 Å². The number of halogens is 1. The minimum Gasteiger partial charge on any atom is -0.441 e. The van der Waals surface area contributed by atoms with Crippen molar-refractivity contribution in [3.63, 3.8) is 0 Å². The Morgan fingerprint density at radius 2 is 1.88 bits per heavy atom. The van der Waals surface area contributed by atoms with Crippen LogP contribution >= 0.6 is 0 Å². The van der Waals surface area contributed by atoms with Gasteiger partial charge in [0.2, 0.25) is 5.91 Å². The number of hydrogen-bond donors (Lipinski definition) is 1. The van der Waals surface area contributed by atoms with Gasteiger partial charge in [-0.15, -0.1) is 0 Å². The average molecular weight is 338 g/mol. The van der Waals surface area contributed by atoms with Crippen molar-refractivity contribution in [3.05, 3.63) is 71.5 Å². The lowest BCUT2D eigenvalue weighted by molar-refractivity contribution is -0.116. The number of rotatable bonds is 5. The molecule has 0 saturated carbocycles. The molecule has 0 atom stereocenters. The van der Waals surface area contributed by atoms with Crippen LogP contribution in [-0.2, 0) is 11.2 Å². The maximum absolute atomic E-state index is 12.8. The van der Waals surface area contributed by atoms with Crippen molar-refractivity contribution in [2.24, 2.45) is 0 Å². The van der Waals surface area contributed by atoms with Crippen molar-refractivity contribution in [2.75, 3.05) is 5.32 Å². The molecule has 4 nitrogen and oxygen atoms in total. The van der Waals surface area contributed by atoms with E-state index in [0.717, 1.165) is 5.56 Å². The lowest BCUT2D eigenvalue weighted by Crippen LogP contribution is -2.12. The summed E-state index contributed by atoms with van der Waals surface area (Å²) in [6.45, 7) is 4.11. The van der Waals surface area contributed by atoms with Gasteiger partial charge in [0.15, 0.2) is 11.7 Å². The van der Waals surface area contributed by atoms with Gasteiger partial charge in [0, 0.05) is 24.1 Å². The highest BCUT2D eigenvalue weighted by Gasteiger charge is 2.10. The molecule has 2 aromatic carbocycles. The maximum Gasteiger partial charge on any atom is 0.224 e. The number of nitrogens with zero attached hydrogens (tertiary/aromatic N) is 1. The largest absolute Gasteiger partial charge is 0.441 e. The standard InChI is InChI=1S/C20H19FN2O2/c1-13-3-4-15(11-14(13)2)18-12-22-20(25-18)10-9-19(24)23-17-7-5-16(21)6-8-17/h3-8,11-12H,9-10H2,1-2H3,(H,23,24). The second-order valence-electron chi connectivity index (χ2n) is 5.97. The van der Waals surface area contributed by atoms with E-state index in [4.69, 9.17) is 4.42 Å². The van der Waals surface area contributed by atoms with Crippen LogP contribution in [0.5, 0.6) is 0 Å². The molecule has 0 spiro atoms. The molecule has 128 valence electrons. The molecule has 0 aliphatic carbocycles. The lowest BCUT2D eigenvalue weighted by atomic mass is 10.1. The van der Waals surface area contributed by atoms with E-state index in [1.54, 1.807) is 6.20 Å². The number of anilines is 1. The molecule has 3 aromatic rings. The molecule has 0 radical (unpaired) electrons. The van der Waals surface area contributed by atoms with Crippen LogP contribution in [0.2, 0.25) is 0 Å². The zero-order valence-electron chi connectivity index (χ0n) is 14.2. The molecule has 3 rings (SSSR count). The van der Waals surface area contributed by atoms with Crippen LogP contribution in [0.1, 0.15) is 23.4 Å². The number of amides is 1. The molecule has 0 aliphatic rings. The monoisotopic (exact) mass is 338 g/mol. The first-order chi connectivity index (χ1) is 12.0. The van der Waals surface area contributed by atoms with Crippen LogP contribution in [-0.4, -0.2) is 10.9 Å². The fourth-order valence-corrected chi connectivity index (χ4v) is 2.43. The van der Waals surface area contributed by atoms with Crippen LogP contribution in [0.4, 0.5) is 10.1 Å². The second kappa shape index (κ2) is 7.30. The Morgan fingerprint density at radius 3 is 2.60 bits per heavy atom. The summed E-state index contributed by atoms with van der Waals surface area (Å²) in [5, 5.41) is 2.72. The molecule has 1 amide bonds. The summed E-state index contributed by atoms with van der Waals surface area (Å²) in [5.41, 5.74) is 3.95. The zero-order valence-corrected chi connectivity index (χ0v) is 14.2. The van der Waals surface area contributed by atoms with Crippen molar-refractivity contribution in [1.29, 1.82) is 0 Å². The van der Waals surface area contributed by atoms with Crippen LogP contribution < -0.4 is 5.32 Å². The third-order valence-electron chi connectivity index (χ3n) is 4.04. The van der Waals surface area contributed by atoms with Crippen LogP contribution in [0.15, 0.2) is 53.1 Å². The van der Waals surface area contributed by atoms with Gasteiger partial charge in [-0.25, -0.2) is 9.37 Å². The quantitative estimate of drug-likeness (QED) is 0.735. The number of benzene rings is 2. The normalized spacial score (nSPS) is 10.7. The summed E-state index contributed by atoms with van der Waals surface area (Å²) in [7, 11) is 0. The molecule has 0 saturated heterocycles. The average Bonchev–Trinajstić information content (AvgIpc) is 3.07. The molecule has 0 fully saturated rings. The second-order valence-corrected chi connectivity index (χ2v) is 5.97. The minimum atomic E-state index is -0.336. The van der Waals surface area contributed by atoms with Gasteiger partial charge in [-0.2, -0.15) is 0 Å². The van der Waals surface area contributed by atoms with Gasteiger partial charge in [0.05, 0.1) is 6.20 Å². The Hall–Kier alpha value is -2.95. The highest BCUT2D eigenvalue weighted by molar-refractivity contribution is 5.90. The van der Waals surface area contributed by atoms with Crippen LogP contribution in [0, 0.1) is 19.7 Å². The Bertz CT molecular complexity index is 885. The van der Waals surface area contributed by atoms with E-state index in [1.165, 1.54) is 35.4 Å². The first kappa shape index (κ1) is 16.9.